The minimum atomic E-state index is -5.01. The van der Waals surface area contributed by atoms with Crippen LogP contribution in [0.2, 0.25) is 0 Å². The van der Waals surface area contributed by atoms with E-state index in [0.29, 0.717) is 43.6 Å². The molecule has 2 aromatic rings. The summed E-state index contributed by atoms with van der Waals surface area (Å²) in [5, 5.41) is 0. The van der Waals surface area contributed by atoms with Crippen molar-refractivity contribution in [3.05, 3.63) is 77.1 Å². The molecule has 2 fully saturated rings. The lowest BCUT2D eigenvalue weighted by Gasteiger charge is -2.40. The zero-order valence-electron chi connectivity index (χ0n) is 22.2. The number of benzene rings is 2. The van der Waals surface area contributed by atoms with E-state index in [1.165, 1.54) is 12.1 Å². The second-order valence-corrected chi connectivity index (χ2v) is 11.3. The molecule has 0 aromatic heterocycles. The average molecular weight is 574 g/mol. The number of carbonyl (C=O) groups excluding carboxylic acids is 1. The van der Waals surface area contributed by atoms with Crippen LogP contribution in [0.25, 0.3) is 5.76 Å². The third kappa shape index (κ3) is 6.72. The van der Waals surface area contributed by atoms with Gasteiger partial charge in [0.05, 0.1) is 11.1 Å². The third-order valence-electron chi connectivity index (χ3n) is 7.29. The van der Waals surface area contributed by atoms with Crippen LogP contribution >= 0.6 is 0 Å². The van der Waals surface area contributed by atoms with Gasteiger partial charge in [0.25, 0.3) is 0 Å². The summed E-state index contributed by atoms with van der Waals surface area (Å²) < 4.78 is 106. The molecule has 11 heteroatoms. The summed E-state index contributed by atoms with van der Waals surface area (Å²) in [7, 11) is 0. The first-order valence-electron chi connectivity index (χ1n) is 12.8. The molecule has 1 amide bonds. The molecular formula is C29H30F7NO3. The maximum atomic E-state index is 13.7. The molecular weight excluding hydrogens is 543 g/mol. The van der Waals surface area contributed by atoms with Crippen molar-refractivity contribution in [3.63, 3.8) is 0 Å². The molecule has 4 atom stereocenters. The molecule has 0 radical (unpaired) electrons. The molecule has 2 aromatic carbocycles. The van der Waals surface area contributed by atoms with Crippen LogP contribution in [0.3, 0.4) is 0 Å². The van der Waals surface area contributed by atoms with Crippen molar-refractivity contribution in [2.75, 3.05) is 13.1 Å². The molecule has 0 spiro atoms. The Balaban J connectivity index is 1.64. The van der Waals surface area contributed by atoms with Crippen LogP contribution in [-0.4, -0.2) is 35.8 Å². The van der Waals surface area contributed by atoms with Crippen molar-refractivity contribution >= 4 is 11.9 Å². The fraction of sp³-hybridized carbons (Fsp3) is 0.483. The van der Waals surface area contributed by atoms with Gasteiger partial charge in [0.15, 0.2) is 0 Å². The zero-order chi connectivity index (χ0) is 29.6. The fourth-order valence-electron chi connectivity index (χ4n) is 5.56. The number of likely N-dealkylation sites (tertiary alicyclic amines) is 1. The van der Waals surface area contributed by atoms with Crippen molar-refractivity contribution < 1.29 is 45.0 Å². The quantitative estimate of drug-likeness (QED) is 0.273. The summed E-state index contributed by atoms with van der Waals surface area (Å²) in [5.74, 6) is -1.37. The lowest BCUT2D eigenvalue weighted by atomic mass is 9.69. The largest absolute Gasteiger partial charge is 0.490 e. The first-order valence-corrected chi connectivity index (χ1v) is 12.8. The molecule has 0 unspecified atom stereocenters. The Labute approximate surface area is 227 Å². The van der Waals surface area contributed by atoms with Crippen LogP contribution in [0.5, 0.6) is 0 Å². The van der Waals surface area contributed by atoms with E-state index in [2.05, 4.69) is 6.58 Å². The predicted molar refractivity (Wildman–Crippen MR) is 134 cm³/mol. The topological polar surface area (TPSA) is 38.8 Å². The molecule has 1 saturated heterocycles. The van der Waals surface area contributed by atoms with Gasteiger partial charge in [-0.1, -0.05) is 18.7 Å². The van der Waals surface area contributed by atoms with Crippen LogP contribution in [0, 0.1) is 17.7 Å². The van der Waals surface area contributed by atoms with Gasteiger partial charge in [-0.2, -0.15) is 26.3 Å². The summed E-state index contributed by atoms with van der Waals surface area (Å²) in [4.78, 5) is 14.4. The number of ether oxygens (including phenoxy) is 2. The van der Waals surface area contributed by atoms with E-state index in [-0.39, 0.29) is 23.7 Å². The van der Waals surface area contributed by atoms with Crippen molar-refractivity contribution in [2.45, 2.75) is 63.6 Å². The van der Waals surface area contributed by atoms with E-state index in [9.17, 15) is 35.5 Å². The molecule has 1 saturated carbocycles. The highest BCUT2D eigenvalue weighted by atomic mass is 19.4. The third-order valence-corrected chi connectivity index (χ3v) is 7.29. The normalized spacial score (nSPS) is 23.5. The van der Waals surface area contributed by atoms with E-state index in [4.69, 9.17) is 9.47 Å². The Hall–Kier alpha value is -3.24. The molecule has 4 rings (SSSR count). The highest BCUT2D eigenvalue weighted by Crippen LogP contribution is 2.48. The number of hydrogen-bond donors (Lipinski definition) is 0. The lowest BCUT2D eigenvalue weighted by molar-refractivity contribution is -0.143. The van der Waals surface area contributed by atoms with Gasteiger partial charge in [0.1, 0.15) is 23.3 Å². The Morgan fingerprint density at radius 1 is 0.900 bits per heavy atom. The lowest BCUT2D eigenvalue weighted by Crippen LogP contribution is -2.38. The Bertz CT molecular complexity index is 1220. The van der Waals surface area contributed by atoms with Gasteiger partial charge in [-0.3, -0.25) is 0 Å². The highest BCUT2D eigenvalue weighted by Gasteiger charge is 2.48. The number of rotatable bonds is 4. The minimum Gasteiger partial charge on any atom is -0.490 e. The second kappa shape index (κ2) is 10.6. The summed E-state index contributed by atoms with van der Waals surface area (Å²) in [6.45, 7) is 9.66. The van der Waals surface area contributed by atoms with E-state index < -0.39 is 58.6 Å². The van der Waals surface area contributed by atoms with Gasteiger partial charge in [0, 0.05) is 24.6 Å². The number of nitrogens with zero attached hydrogens (tertiary/aromatic N) is 1. The Morgan fingerprint density at radius 2 is 1.48 bits per heavy atom. The van der Waals surface area contributed by atoms with Crippen LogP contribution in [-0.2, 0) is 21.8 Å². The van der Waals surface area contributed by atoms with Crippen LogP contribution in [0.15, 0.2) is 49.0 Å². The summed E-state index contributed by atoms with van der Waals surface area (Å²) in [6, 6.07) is 6.90. The minimum absolute atomic E-state index is 0.0427. The zero-order valence-corrected chi connectivity index (χ0v) is 22.2. The van der Waals surface area contributed by atoms with Crippen molar-refractivity contribution in [1.82, 2.24) is 4.90 Å². The van der Waals surface area contributed by atoms with E-state index in [1.54, 1.807) is 37.8 Å². The van der Waals surface area contributed by atoms with Gasteiger partial charge in [-0.25, -0.2) is 9.18 Å². The first-order chi connectivity index (χ1) is 18.4. The smallest absolute Gasteiger partial charge is 0.416 e. The number of alkyl halides is 6. The molecule has 0 N–H and O–H groups in total. The van der Waals surface area contributed by atoms with Gasteiger partial charge < -0.3 is 14.4 Å². The van der Waals surface area contributed by atoms with Gasteiger partial charge in [-0.15, -0.1) is 0 Å². The number of hydrogen-bond acceptors (Lipinski definition) is 3. The maximum absolute atomic E-state index is 13.7. The first kappa shape index (κ1) is 29.7. The second-order valence-electron chi connectivity index (χ2n) is 11.3. The molecule has 1 aliphatic carbocycles. The van der Waals surface area contributed by atoms with E-state index in [0.717, 1.165) is 0 Å². The highest BCUT2D eigenvalue weighted by molar-refractivity contribution is 5.68. The van der Waals surface area contributed by atoms with Gasteiger partial charge in [0.2, 0.25) is 0 Å². The van der Waals surface area contributed by atoms with Crippen molar-refractivity contribution in [2.24, 2.45) is 11.8 Å². The predicted octanol–water partition coefficient (Wildman–Crippen LogP) is 8.28. The summed E-state index contributed by atoms with van der Waals surface area (Å²) >= 11 is 0. The summed E-state index contributed by atoms with van der Waals surface area (Å²) in [5.41, 5.74) is -3.40. The van der Waals surface area contributed by atoms with E-state index >= 15 is 0 Å². The number of amides is 1. The monoisotopic (exact) mass is 573 g/mol. The average Bonchev–Trinajstić information content (AvgIpc) is 3.27. The van der Waals surface area contributed by atoms with Gasteiger partial charge >= 0.3 is 18.4 Å². The molecule has 40 heavy (non-hydrogen) atoms. The van der Waals surface area contributed by atoms with Crippen LogP contribution in [0.1, 0.15) is 61.8 Å². The number of halogens is 7. The molecule has 218 valence electrons. The van der Waals surface area contributed by atoms with Crippen molar-refractivity contribution in [3.8, 4) is 0 Å². The molecule has 2 aliphatic rings. The van der Waals surface area contributed by atoms with Crippen LogP contribution in [0.4, 0.5) is 35.5 Å². The Morgan fingerprint density at radius 3 is 2.00 bits per heavy atom. The number of fused-ring (bicyclic) bond motifs is 1. The molecule has 0 bridgehead atoms. The number of carbonyl (C=O) groups is 1. The standard InChI is InChI=1S/C29H30F7NO3/c1-16(19-11-20(28(31,32)33)13-21(12-19)29(34,35)36)39-24-10-7-18-14-37(26(38)40-27(2,3)4)15-23(18)25(24)17-5-8-22(30)9-6-17/h5-6,8-9,11-13,18,23-25H,1,7,10,14-15H2,2-4H3/t18-,23+,24-,25-/m0/s1. The maximum Gasteiger partial charge on any atom is 0.416 e. The SMILES string of the molecule is C=C(O[C@H]1CC[C@H]2CN(C(=O)OC(C)(C)C)C[C@H]2[C@@H]1c1ccc(F)cc1)c1cc(C(F)(F)F)cc(C(F)(F)F)c1. The van der Waals surface area contributed by atoms with E-state index in [1.807, 2.05) is 0 Å². The van der Waals surface area contributed by atoms with Crippen molar-refractivity contribution in [1.29, 1.82) is 0 Å². The summed E-state index contributed by atoms with van der Waals surface area (Å²) in [6.07, 6.45) is -10.2. The Kier molecular flexibility index (Phi) is 7.90. The van der Waals surface area contributed by atoms with Crippen LogP contribution < -0.4 is 0 Å². The molecule has 1 heterocycles. The van der Waals surface area contributed by atoms with Gasteiger partial charge in [-0.05, 0) is 81.3 Å². The molecule has 4 nitrogen and oxygen atoms in total. The molecule has 1 aliphatic heterocycles. The fourth-order valence-corrected chi connectivity index (χ4v) is 5.56.